The van der Waals surface area contributed by atoms with Crippen LogP contribution in [0.2, 0.25) is 0 Å². The molecule has 0 atom stereocenters. The molecule has 0 aliphatic carbocycles. The Morgan fingerprint density at radius 3 is 2.55 bits per heavy atom. The first-order chi connectivity index (χ1) is 9.47. The Morgan fingerprint density at radius 2 is 1.90 bits per heavy atom. The summed E-state index contributed by atoms with van der Waals surface area (Å²) in [5.74, 6) is 0.872. The largest absolute Gasteiger partial charge is 0.383 e. The van der Waals surface area contributed by atoms with Crippen LogP contribution in [0.4, 0.5) is 5.69 Å². The number of benzene rings is 1. The summed E-state index contributed by atoms with van der Waals surface area (Å²) in [7, 11) is 1.95. The maximum Gasteiger partial charge on any atom is 0.165 e. The van der Waals surface area contributed by atoms with E-state index >= 15 is 0 Å². The number of nitrogens with zero attached hydrogens (tertiary/aromatic N) is 3. The number of hydrogen-bond donors (Lipinski definition) is 2. The van der Waals surface area contributed by atoms with E-state index in [0.29, 0.717) is 0 Å². The van der Waals surface area contributed by atoms with E-state index in [2.05, 4.69) is 53.7 Å². The van der Waals surface area contributed by atoms with Crippen LogP contribution in [0, 0.1) is 0 Å². The van der Waals surface area contributed by atoms with Gasteiger partial charge in [-0.1, -0.05) is 12.1 Å². The van der Waals surface area contributed by atoms with Crippen molar-refractivity contribution in [2.75, 3.05) is 18.4 Å². The predicted molar refractivity (Wildman–Crippen MR) is 82.7 cm³/mol. The van der Waals surface area contributed by atoms with Crippen molar-refractivity contribution in [2.24, 2.45) is 7.05 Å². The van der Waals surface area contributed by atoms with E-state index in [1.54, 1.807) is 6.33 Å². The molecule has 0 radical (unpaired) electrons. The van der Waals surface area contributed by atoms with E-state index in [1.165, 1.54) is 0 Å². The van der Waals surface area contributed by atoms with Gasteiger partial charge in [-0.05, 0) is 32.9 Å². The molecule has 0 aliphatic rings. The number of para-hydroxylation sites is 1. The first-order valence-electron chi connectivity index (χ1n) is 6.90. The normalized spacial score (nSPS) is 11.6. The molecule has 1 aromatic heterocycles. The summed E-state index contributed by atoms with van der Waals surface area (Å²) in [4.78, 5) is 0. The molecule has 5 nitrogen and oxygen atoms in total. The number of hydrogen-bond acceptors (Lipinski definition) is 4. The third kappa shape index (κ3) is 3.81. The summed E-state index contributed by atoms with van der Waals surface area (Å²) >= 11 is 0. The van der Waals surface area contributed by atoms with E-state index in [4.69, 9.17) is 0 Å². The molecular formula is C15H23N5. The fourth-order valence-corrected chi connectivity index (χ4v) is 1.99. The Hall–Kier alpha value is -1.88. The monoisotopic (exact) mass is 273 g/mol. The average Bonchev–Trinajstić information content (AvgIpc) is 2.80. The van der Waals surface area contributed by atoms with Gasteiger partial charge < -0.3 is 15.2 Å². The maximum absolute atomic E-state index is 4.17. The molecule has 0 saturated heterocycles. The Bertz CT molecular complexity index is 553. The Balaban J connectivity index is 2.04. The van der Waals surface area contributed by atoms with Gasteiger partial charge in [0, 0.05) is 36.9 Å². The molecule has 1 aromatic carbocycles. The number of anilines is 1. The number of aromatic nitrogens is 3. The van der Waals surface area contributed by atoms with Gasteiger partial charge in [-0.2, -0.15) is 0 Å². The maximum atomic E-state index is 4.17. The van der Waals surface area contributed by atoms with E-state index in [0.717, 1.165) is 30.2 Å². The fraction of sp³-hybridized carbons (Fsp3) is 0.467. The molecule has 20 heavy (non-hydrogen) atoms. The minimum Gasteiger partial charge on any atom is -0.383 e. The van der Waals surface area contributed by atoms with Crippen LogP contribution in [0.5, 0.6) is 0 Å². The molecule has 0 saturated carbocycles. The first-order valence-corrected chi connectivity index (χ1v) is 6.90. The minimum atomic E-state index is 0.144. The minimum absolute atomic E-state index is 0.144. The molecule has 2 rings (SSSR count). The molecule has 0 aliphatic heterocycles. The summed E-state index contributed by atoms with van der Waals surface area (Å²) in [5.41, 5.74) is 2.30. The van der Waals surface area contributed by atoms with Gasteiger partial charge in [0.1, 0.15) is 6.33 Å². The van der Waals surface area contributed by atoms with Crippen molar-refractivity contribution >= 4 is 5.69 Å². The molecule has 2 N–H and O–H groups in total. The van der Waals surface area contributed by atoms with Crippen LogP contribution in [0.15, 0.2) is 30.6 Å². The SMILES string of the molecule is Cn1cnnc1-c1ccccc1NCCNC(C)(C)C. The van der Waals surface area contributed by atoms with Crippen molar-refractivity contribution in [1.29, 1.82) is 0 Å². The smallest absolute Gasteiger partial charge is 0.165 e. The van der Waals surface area contributed by atoms with Gasteiger partial charge in [-0.25, -0.2) is 0 Å². The highest BCUT2D eigenvalue weighted by molar-refractivity contribution is 5.73. The van der Waals surface area contributed by atoms with Crippen LogP contribution in [0.3, 0.4) is 0 Å². The zero-order chi connectivity index (χ0) is 14.6. The van der Waals surface area contributed by atoms with Crippen LogP contribution >= 0.6 is 0 Å². The summed E-state index contributed by atoms with van der Waals surface area (Å²) < 4.78 is 1.92. The van der Waals surface area contributed by atoms with E-state index in [1.807, 2.05) is 23.7 Å². The first kappa shape index (κ1) is 14.5. The van der Waals surface area contributed by atoms with Gasteiger partial charge in [0.2, 0.25) is 0 Å². The molecular weight excluding hydrogens is 250 g/mol. The lowest BCUT2D eigenvalue weighted by Gasteiger charge is -2.21. The molecule has 0 spiro atoms. The molecule has 0 bridgehead atoms. The second-order valence-corrected chi connectivity index (χ2v) is 5.91. The average molecular weight is 273 g/mol. The second-order valence-electron chi connectivity index (χ2n) is 5.91. The highest BCUT2D eigenvalue weighted by Crippen LogP contribution is 2.25. The Morgan fingerprint density at radius 1 is 1.15 bits per heavy atom. The van der Waals surface area contributed by atoms with Gasteiger partial charge in [0.15, 0.2) is 5.82 Å². The number of aryl methyl sites for hydroxylation is 1. The van der Waals surface area contributed by atoms with Gasteiger partial charge in [-0.15, -0.1) is 10.2 Å². The summed E-state index contributed by atoms with van der Waals surface area (Å²) in [6.07, 6.45) is 1.72. The van der Waals surface area contributed by atoms with Crippen molar-refractivity contribution in [1.82, 2.24) is 20.1 Å². The van der Waals surface area contributed by atoms with E-state index < -0.39 is 0 Å². The molecule has 108 valence electrons. The van der Waals surface area contributed by atoms with Crippen molar-refractivity contribution < 1.29 is 0 Å². The standard InChI is InChI=1S/C15H23N5/c1-15(2,3)17-10-9-16-13-8-6-5-7-12(13)14-19-18-11-20(14)4/h5-8,11,16-17H,9-10H2,1-4H3. The number of nitrogens with one attached hydrogen (secondary N) is 2. The third-order valence-corrected chi connectivity index (χ3v) is 2.98. The molecule has 0 fully saturated rings. The molecule has 5 heteroatoms. The van der Waals surface area contributed by atoms with Gasteiger partial charge in [0.05, 0.1) is 0 Å². The third-order valence-electron chi connectivity index (χ3n) is 2.98. The Labute approximate surface area is 120 Å². The highest BCUT2D eigenvalue weighted by Gasteiger charge is 2.10. The fourth-order valence-electron chi connectivity index (χ4n) is 1.99. The Kier molecular flexibility index (Phi) is 4.39. The molecule has 0 unspecified atom stereocenters. The zero-order valence-electron chi connectivity index (χ0n) is 12.6. The van der Waals surface area contributed by atoms with Crippen molar-refractivity contribution in [3.8, 4) is 11.4 Å². The van der Waals surface area contributed by atoms with Crippen LogP contribution in [0.1, 0.15) is 20.8 Å². The lowest BCUT2D eigenvalue weighted by molar-refractivity contribution is 0.435. The lowest BCUT2D eigenvalue weighted by Crippen LogP contribution is -2.38. The quantitative estimate of drug-likeness (QED) is 0.821. The summed E-state index contributed by atoms with van der Waals surface area (Å²) in [5, 5.41) is 15.0. The second kappa shape index (κ2) is 6.05. The van der Waals surface area contributed by atoms with Gasteiger partial charge in [0.25, 0.3) is 0 Å². The summed E-state index contributed by atoms with van der Waals surface area (Å²) in [6.45, 7) is 8.28. The van der Waals surface area contributed by atoms with Gasteiger partial charge in [-0.3, -0.25) is 0 Å². The van der Waals surface area contributed by atoms with Gasteiger partial charge >= 0.3 is 0 Å². The van der Waals surface area contributed by atoms with Crippen molar-refractivity contribution in [3.63, 3.8) is 0 Å². The zero-order valence-corrected chi connectivity index (χ0v) is 12.6. The predicted octanol–water partition coefficient (Wildman–Crippen LogP) is 2.28. The van der Waals surface area contributed by atoms with Crippen molar-refractivity contribution in [3.05, 3.63) is 30.6 Å². The van der Waals surface area contributed by atoms with Crippen LogP contribution in [0.25, 0.3) is 11.4 Å². The van der Waals surface area contributed by atoms with Crippen LogP contribution < -0.4 is 10.6 Å². The summed E-state index contributed by atoms with van der Waals surface area (Å²) in [6, 6.07) is 8.17. The molecule has 1 heterocycles. The van der Waals surface area contributed by atoms with Crippen molar-refractivity contribution in [2.45, 2.75) is 26.3 Å². The highest BCUT2D eigenvalue weighted by atomic mass is 15.2. The van der Waals surface area contributed by atoms with Crippen LogP contribution in [-0.2, 0) is 7.05 Å². The molecule has 0 amide bonds. The molecule has 2 aromatic rings. The number of rotatable bonds is 5. The van der Waals surface area contributed by atoms with E-state index in [-0.39, 0.29) is 5.54 Å². The lowest BCUT2D eigenvalue weighted by atomic mass is 10.1. The van der Waals surface area contributed by atoms with Crippen LogP contribution in [-0.4, -0.2) is 33.4 Å². The topological polar surface area (TPSA) is 54.8 Å². The van der Waals surface area contributed by atoms with E-state index in [9.17, 15) is 0 Å².